The Morgan fingerprint density at radius 1 is 1.33 bits per heavy atom. The fourth-order valence-corrected chi connectivity index (χ4v) is 2.12. The third-order valence-corrected chi connectivity index (χ3v) is 2.92. The lowest BCUT2D eigenvalue weighted by atomic mass is 10.2. The van der Waals surface area contributed by atoms with E-state index in [4.69, 9.17) is 0 Å². The zero-order valence-electron chi connectivity index (χ0n) is 8.13. The summed E-state index contributed by atoms with van der Waals surface area (Å²) in [6.45, 7) is 3.27. The number of piperazine rings is 1. The van der Waals surface area contributed by atoms with Gasteiger partial charge in [-0.1, -0.05) is 15.9 Å². The molecule has 1 saturated heterocycles. The molecule has 0 saturated carbocycles. The number of nitrogens with one attached hydrogen (secondary N) is 1. The molecule has 0 bridgehead atoms. The van der Waals surface area contributed by atoms with Crippen molar-refractivity contribution in [2.24, 2.45) is 0 Å². The second-order valence-corrected chi connectivity index (χ2v) is 4.41. The molecule has 0 unspecified atom stereocenters. The third kappa shape index (κ3) is 2.23. The van der Waals surface area contributed by atoms with Gasteiger partial charge in [0.05, 0.1) is 5.69 Å². The summed E-state index contributed by atoms with van der Waals surface area (Å²) in [5, 5.41) is 12.8. The highest BCUT2D eigenvalue weighted by Gasteiger charge is 2.17. The summed E-state index contributed by atoms with van der Waals surface area (Å²) in [7, 11) is 0. The van der Waals surface area contributed by atoms with Crippen LogP contribution >= 0.6 is 15.9 Å². The van der Waals surface area contributed by atoms with Gasteiger partial charge in [0.2, 0.25) is 0 Å². The van der Waals surface area contributed by atoms with E-state index >= 15 is 0 Å². The average Bonchev–Trinajstić information content (AvgIpc) is 2.24. The van der Waals surface area contributed by atoms with E-state index in [9.17, 15) is 9.50 Å². The molecule has 1 aromatic rings. The zero-order valence-corrected chi connectivity index (χ0v) is 9.72. The van der Waals surface area contributed by atoms with Crippen LogP contribution in [0.15, 0.2) is 16.6 Å². The van der Waals surface area contributed by atoms with Crippen LogP contribution in [-0.4, -0.2) is 31.3 Å². The lowest BCUT2D eigenvalue weighted by molar-refractivity contribution is 0.429. The first-order chi connectivity index (χ1) is 7.18. The van der Waals surface area contributed by atoms with Crippen molar-refractivity contribution in [2.45, 2.75) is 0 Å². The van der Waals surface area contributed by atoms with Gasteiger partial charge in [0.1, 0.15) is 0 Å². The number of anilines is 1. The molecule has 2 rings (SSSR count). The smallest absolute Gasteiger partial charge is 0.175 e. The molecule has 2 N–H and O–H groups in total. The average molecular weight is 275 g/mol. The molecular weight excluding hydrogens is 263 g/mol. The maximum atomic E-state index is 13.3. The van der Waals surface area contributed by atoms with Gasteiger partial charge >= 0.3 is 0 Å². The molecule has 15 heavy (non-hydrogen) atoms. The normalized spacial score (nSPS) is 16.8. The maximum Gasteiger partial charge on any atom is 0.175 e. The van der Waals surface area contributed by atoms with Gasteiger partial charge in [0, 0.05) is 30.7 Å². The molecule has 0 amide bonds. The van der Waals surface area contributed by atoms with Gasteiger partial charge in [-0.25, -0.2) is 4.39 Å². The highest BCUT2D eigenvalue weighted by Crippen LogP contribution is 2.33. The summed E-state index contributed by atoms with van der Waals surface area (Å²) in [6.07, 6.45) is 0. The van der Waals surface area contributed by atoms with E-state index in [0.29, 0.717) is 10.2 Å². The second-order valence-electron chi connectivity index (χ2n) is 3.49. The van der Waals surface area contributed by atoms with Crippen molar-refractivity contribution in [1.29, 1.82) is 0 Å². The minimum Gasteiger partial charge on any atom is -0.503 e. The first-order valence-corrected chi connectivity index (χ1v) is 5.61. The van der Waals surface area contributed by atoms with Gasteiger partial charge < -0.3 is 15.3 Å². The summed E-state index contributed by atoms with van der Waals surface area (Å²) in [5.41, 5.74) is 0.559. The van der Waals surface area contributed by atoms with Gasteiger partial charge in [-0.2, -0.15) is 0 Å². The molecule has 0 spiro atoms. The fraction of sp³-hybridized carbons (Fsp3) is 0.400. The van der Waals surface area contributed by atoms with Gasteiger partial charge in [-0.15, -0.1) is 0 Å². The Hall–Kier alpha value is -0.810. The molecule has 1 aliphatic rings. The number of hydrogen-bond donors (Lipinski definition) is 2. The van der Waals surface area contributed by atoms with Crippen molar-refractivity contribution in [2.75, 3.05) is 31.1 Å². The van der Waals surface area contributed by atoms with Crippen molar-refractivity contribution in [3.8, 4) is 5.75 Å². The minimum atomic E-state index is -0.585. The Kier molecular flexibility index (Phi) is 3.11. The van der Waals surface area contributed by atoms with Crippen LogP contribution in [0.3, 0.4) is 0 Å². The monoisotopic (exact) mass is 274 g/mol. The molecule has 0 atom stereocenters. The van der Waals surface area contributed by atoms with Gasteiger partial charge in [-0.05, 0) is 12.1 Å². The molecule has 82 valence electrons. The molecular formula is C10H12BrFN2O. The highest BCUT2D eigenvalue weighted by atomic mass is 79.9. The first kappa shape index (κ1) is 10.7. The molecule has 5 heteroatoms. The summed E-state index contributed by atoms with van der Waals surface area (Å²) in [4.78, 5) is 1.97. The van der Waals surface area contributed by atoms with Crippen molar-refractivity contribution >= 4 is 21.6 Å². The van der Waals surface area contributed by atoms with Crippen LogP contribution in [0.1, 0.15) is 0 Å². The number of phenolic OH excluding ortho intramolecular Hbond substituents is 1. The van der Waals surface area contributed by atoms with E-state index in [1.54, 1.807) is 6.07 Å². The molecule has 1 fully saturated rings. The van der Waals surface area contributed by atoms with E-state index in [1.165, 1.54) is 6.07 Å². The fourth-order valence-electron chi connectivity index (χ4n) is 1.70. The number of halogens is 2. The van der Waals surface area contributed by atoms with E-state index < -0.39 is 5.82 Å². The highest BCUT2D eigenvalue weighted by molar-refractivity contribution is 9.10. The SMILES string of the molecule is Oc1c(F)cc(Br)cc1N1CCNCC1. The lowest BCUT2D eigenvalue weighted by Crippen LogP contribution is -2.43. The Morgan fingerprint density at radius 2 is 2.00 bits per heavy atom. The van der Waals surface area contributed by atoms with Crippen molar-refractivity contribution in [3.63, 3.8) is 0 Å². The summed E-state index contributed by atoms with van der Waals surface area (Å²) in [6, 6.07) is 3.00. The minimum absolute atomic E-state index is 0.264. The number of phenols is 1. The van der Waals surface area contributed by atoms with Crippen molar-refractivity contribution < 1.29 is 9.50 Å². The largest absolute Gasteiger partial charge is 0.503 e. The summed E-state index contributed by atoms with van der Waals surface area (Å²) >= 11 is 3.22. The van der Waals surface area contributed by atoms with Crippen molar-refractivity contribution in [3.05, 3.63) is 22.4 Å². The van der Waals surface area contributed by atoms with Crippen LogP contribution in [-0.2, 0) is 0 Å². The van der Waals surface area contributed by atoms with Crippen LogP contribution in [0.4, 0.5) is 10.1 Å². The standard InChI is InChI=1S/C10H12BrFN2O/c11-7-5-8(12)10(15)9(6-7)14-3-1-13-2-4-14/h5-6,13,15H,1-4H2. The zero-order chi connectivity index (χ0) is 10.8. The van der Waals surface area contributed by atoms with E-state index in [2.05, 4.69) is 21.2 Å². The van der Waals surface area contributed by atoms with Crippen LogP contribution in [0.2, 0.25) is 0 Å². The third-order valence-electron chi connectivity index (χ3n) is 2.47. The first-order valence-electron chi connectivity index (χ1n) is 4.82. The summed E-state index contributed by atoms with van der Waals surface area (Å²) < 4.78 is 13.9. The molecule has 0 radical (unpaired) electrons. The topological polar surface area (TPSA) is 35.5 Å². The number of hydrogen-bond acceptors (Lipinski definition) is 3. The number of aromatic hydroxyl groups is 1. The Labute approximate surface area is 96.0 Å². The molecule has 1 aromatic carbocycles. The van der Waals surface area contributed by atoms with Crippen LogP contribution < -0.4 is 10.2 Å². The maximum absolute atomic E-state index is 13.3. The van der Waals surface area contributed by atoms with Crippen molar-refractivity contribution in [1.82, 2.24) is 5.32 Å². The Morgan fingerprint density at radius 3 is 2.67 bits per heavy atom. The molecule has 0 aromatic heterocycles. The molecule has 1 aliphatic heterocycles. The molecule has 1 heterocycles. The Bertz CT molecular complexity index is 367. The van der Waals surface area contributed by atoms with E-state index in [-0.39, 0.29) is 5.75 Å². The lowest BCUT2D eigenvalue weighted by Gasteiger charge is -2.30. The van der Waals surface area contributed by atoms with Gasteiger partial charge in [-0.3, -0.25) is 0 Å². The predicted molar refractivity (Wildman–Crippen MR) is 60.8 cm³/mol. The van der Waals surface area contributed by atoms with Crippen LogP contribution in [0, 0.1) is 5.82 Å². The number of nitrogens with zero attached hydrogens (tertiary/aromatic N) is 1. The quantitative estimate of drug-likeness (QED) is 0.819. The van der Waals surface area contributed by atoms with E-state index in [1.807, 2.05) is 4.90 Å². The van der Waals surface area contributed by atoms with E-state index in [0.717, 1.165) is 26.2 Å². The van der Waals surface area contributed by atoms with Gasteiger partial charge in [0.25, 0.3) is 0 Å². The Balaban J connectivity index is 2.33. The predicted octanol–water partition coefficient (Wildman–Crippen LogP) is 1.70. The second kappa shape index (κ2) is 4.37. The number of rotatable bonds is 1. The van der Waals surface area contributed by atoms with Gasteiger partial charge in [0.15, 0.2) is 11.6 Å². The molecule has 0 aliphatic carbocycles. The molecule has 3 nitrogen and oxygen atoms in total. The number of benzene rings is 1. The van der Waals surface area contributed by atoms with Crippen LogP contribution in [0.5, 0.6) is 5.75 Å². The summed E-state index contributed by atoms with van der Waals surface area (Å²) in [5.74, 6) is -0.849. The van der Waals surface area contributed by atoms with Crippen LogP contribution in [0.25, 0.3) is 0 Å².